The van der Waals surface area contributed by atoms with Crippen molar-refractivity contribution in [2.75, 3.05) is 19.7 Å². The number of hydrogen-bond donors (Lipinski definition) is 2. The quantitative estimate of drug-likeness (QED) is 0.848. The van der Waals surface area contributed by atoms with Gasteiger partial charge < -0.3 is 15.2 Å². The smallest absolute Gasteiger partial charge is 0.145 e. The maximum absolute atomic E-state index is 10.2. The van der Waals surface area contributed by atoms with E-state index in [2.05, 4.69) is 10.3 Å². The third-order valence-corrected chi connectivity index (χ3v) is 3.12. The fourth-order valence-electron chi connectivity index (χ4n) is 2.01. The molecule has 0 aliphatic carbocycles. The van der Waals surface area contributed by atoms with Gasteiger partial charge in [0.25, 0.3) is 0 Å². The van der Waals surface area contributed by atoms with Crippen LogP contribution in [0.1, 0.15) is 19.5 Å². The fourth-order valence-corrected chi connectivity index (χ4v) is 2.01. The normalized spacial score (nSPS) is 14.2. The SMILES string of the molecule is CCNCC(C)(O)COc1cccc2ccc(C)nc12. The molecule has 20 heavy (non-hydrogen) atoms. The molecule has 0 aliphatic rings. The number of aryl methyl sites for hydroxylation is 1. The maximum Gasteiger partial charge on any atom is 0.145 e. The molecule has 0 spiro atoms. The van der Waals surface area contributed by atoms with Gasteiger partial charge >= 0.3 is 0 Å². The predicted octanol–water partition coefficient (Wildman–Crippen LogP) is 2.28. The minimum atomic E-state index is -0.901. The molecular formula is C16H22N2O2. The van der Waals surface area contributed by atoms with E-state index in [9.17, 15) is 5.11 Å². The molecule has 0 bridgehead atoms. The molecule has 2 rings (SSSR count). The van der Waals surface area contributed by atoms with Crippen LogP contribution in [0.2, 0.25) is 0 Å². The summed E-state index contributed by atoms with van der Waals surface area (Å²) < 4.78 is 5.78. The second-order valence-corrected chi connectivity index (χ2v) is 5.35. The number of aliphatic hydroxyl groups is 1. The second-order valence-electron chi connectivity index (χ2n) is 5.35. The van der Waals surface area contributed by atoms with Gasteiger partial charge in [-0.15, -0.1) is 0 Å². The van der Waals surface area contributed by atoms with E-state index in [4.69, 9.17) is 4.74 Å². The van der Waals surface area contributed by atoms with Crippen LogP contribution in [-0.4, -0.2) is 35.4 Å². The van der Waals surface area contributed by atoms with Gasteiger partial charge in [-0.05, 0) is 32.5 Å². The molecule has 1 heterocycles. The monoisotopic (exact) mass is 274 g/mol. The minimum Gasteiger partial charge on any atom is -0.488 e. The Labute approximate surface area is 119 Å². The largest absolute Gasteiger partial charge is 0.488 e. The highest BCUT2D eigenvalue weighted by Crippen LogP contribution is 2.24. The summed E-state index contributed by atoms with van der Waals surface area (Å²) in [5.74, 6) is 0.711. The summed E-state index contributed by atoms with van der Waals surface area (Å²) in [5.41, 5.74) is 0.891. The van der Waals surface area contributed by atoms with E-state index in [1.54, 1.807) is 6.92 Å². The highest BCUT2D eigenvalue weighted by atomic mass is 16.5. The van der Waals surface area contributed by atoms with Crippen molar-refractivity contribution in [3.05, 3.63) is 36.0 Å². The molecule has 4 heteroatoms. The van der Waals surface area contributed by atoms with E-state index in [0.717, 1.165) is 23.1 Å². The van der Waals surface area contributed by atoms with Crippen LogP contribution in [0.5, 0.6) is 5.75 Å². The van der Waals surface area contributed by atoms with Gasteiger partial charge in [0.05, 0.1) is 0 Å². The number of ether oxygens (including phenoxy) is 1. The van der Waals surface area contributed by atoms with Crippen molar-refractivity contribution in [3.8, 4) is 5.75 Å². The van der Waals surface area contributed by atoms with E-state index in [1.165, 1.54) is 0 Å². The highest BCUT2D eigenvalue weighted by molar-refractivity contribution is 5.84. The molecule has 0 amide bonds. The molecule has 0 aliphatic heterocycles. The summed E-state index contributed by atoms with van der Waals surface area (Å²) >= 11 is 0. The van der Waals surface area contributed by atoms with Crippen molar-refractivity contribution >= 4 is 10.9 Å². The van der Waals surface area contributed by atoms with Gasteiger partial charge in [0.1, 0.15) is 23.5 Å². The zero-order valence-electron chi connectivity index (χ0n) is 12.3. The Bertz CT molecular complexity index is 582. The van der Waals surface area contributed by atoms with Gasteiger partial charge in [-0.25, -0.2) is 4.98 Å². The average Bonchev–Trinajstić information content (AvgIpc) is 2.43. The Morgan fingerprint density at radius 3 is 2.85 bits per heavy atom. The van der Waals surface area contributed by atoms with Gasteiger partial charge in [-0.1, -0.05) is 25.1 Å². The van der Waals surface area contributed by atoms with Crippen LogP contribution in [0.15, 0.2) is 30.3 Å². The lowest BCUT2D eigenvalue weighted by atomic mass is 10.1. The molecule has 2 aromatic rings. The predicted molar refractivity (Wildman–Crippen MR) is 81.1 cm³/mol. The molecule has 0 radical (unpaired) electrons. The van der Waals surface area contributed by atoms with Gasteiger partial charge in [-0.2, -0.15) is 0 Å². The summed E-state index contributed by atoms with van der Waals surface area (Å²) in [7, 11) is 0. The van der Waals surface area contributed by atoms with Crippen LogP contribution in [0.25, 0.3) is 10.9 Å². The van der Waals surface area contributed by atoms with Gasteiger partial charge in [0, 0.05) is 17.6 Å². The summed E-state index contributed by atoms with van der Waals surface area (Å²) in [6.45, 7) is 7.28. The number of para-hydroxylation sites is 1. The first kappa shape index (κ1) is 14.8. The third kappa shape index (κ3) is 3.68. The first-order valence-electron chi connectivity index (χ1n) is 6.94. The van der Waals surface area contributed by atoms with E-state index in [-0.39, 0.29) is 6.61 Å². The topological polar surface area (TPSA) is 54.4 Å². The van der Waals surface area contributed by atoms with E-state index in [1.807, 2.05) is 44.2 Å². The maximum atomic E-state index is 10.2. The lowest BCUT2D eigenvalue weighted by molar-refractivity contribution is 0.0132. The summed E-state index contributed by atoms with van der Waals surface area (Å²) in [4.78, 5) is 4.52. The molecule has 0 saturated heterocycles. The molecule has 108 valence electrons. The number of nitrogens with one attached hydrogen (secondary N) is 1. The molecule has 0 saturated carbocycles. The summed E-state index contributed by atoms with van der Waals surface area (Å²) in [6.07, 6.45) is 0. The summed E-state index contributed by atoms with van der Waals surface area (Å²) in [6, 6.07) is 9.84. The van der Waals surface area contributed by atoms with Crippen LogP contribution >= 0.6 is 0 Å². The minimum absolute atomic E-state index is 0.231. The van der Waals surface area contributed by atoms with Crippen molar-refractivity contribution in [2.24, 2.45) is 0 Å². The standard InChI is InChI=1S/C16H22N2O2/c1-4-17-10-16(3,19)11-20-14-7-5-6-13-9-8-12(2)18-15(13)14/h5-9,17,19H,4,10-11H2,1-3H3. The Balaban J connectivity index is 2.15. The van der Waals surface area contributed by atoms with E-state index >= 15 is 0 Å². The average molecular weight is 274 g/mol. The number of rotatable bonds is 6. The van der Waals surface area contributed by atoms with Crippen molar-refractivity contribution < 1.29 is 9.84 Å². The fraction of sp³-hybridized carbons (Fsp3) is 0.438. The summed E-state index contributed by atoms with van der Waals surface area (Å²) in [5, 5.41) is 14.4. The number of hydrogen-bond acceptors (Lipinski definition) is 4. The molecule has 0 fully saturated rings. The Morgan fingerprint density at radius 2 is 2.10 bits per heavy atom. The molecule has 1 unspecified atom stereocenters. The molecule has 1 aromatic heterocycles. The van der Waals surface area contributed by atoms with E-state index < -0.39 is 5.60 Å². The highest BCUT2D eigenvalue weighted by Gasteiger charge is 2.21. The third-order valence-electron chi connectivity index (χ3n) is 3.12. The lowest BCUT2D eigenvalue weighted by Gasteiger charge is -2.24. The number of fused-ring (bicyclic) bond motifs is 1. The second kappa shape index (κ2) is 6.20. The van der Waals surface area contributed by atoms with Gasteiger partial charge in [-0.3, -0.25) is 0 Å². The molecule has 1 atom stereocenters. The van der Waals surface area contributed by atoms with Gasteiger partial charge in [0.2, 0.25) is 0 Å². The Morgan fingerprint density at radius 1 is 1.30 bits per heavy atom. The van der Waals surface area contributed by atoms with Crippen molar-refractivity contribution in [1.29, 1.82) is 0 Å². The first-order valence-corrected chi connectivity index (χ1v) is 6.94. The molecule has 4 nitrogen and oxygen atoms in total. The number of benzene rings is 1. The van der Waals surface area contributed by atoms with Crippen LogP contribution in [0.4, 0.5) is 0 Å². The van der Waals surface area contributed by atoms with Crippen molar-refractivity contribution in [3.63, 3.8) is 0 Å². The number of pyridine rings is 1. The Kier molecular flexibility index (Phi) is 4.57. The van der Waals surface area contributed by atoms with Gasteiger partial charge in [0.15, 0.2) is 0 Å². The number of likely N-dealkylation sites (N-methyl/N-ethyl adjacent to an activating group) is 1. The van der Waals surface area contributed by atoms with Crippen LogP contribution in [-0.2, 0) is 0 Å². The lowest BCUT2D eigenvalue weighted by Crippen LogP contribution is -2.42. The zero-order valence-corrected chi connectivity index (χ0v) is 12.3. The number of aromatic nitrogens is 1. The van der Waals surface area contributed by atoms with Crippen LogP contribution in [0.3, 0.4) is 0 Å². The zero-order chi connectivity index (χ0) is 14.6. The molecule has 1 aromatic carbocycles. The molecular weight excluding hydrogens is 252 g/mol. The van der Waals surface area contributed by atoms with E-state index in [0.29, 0.717) is 12.3 Å². The van der Waals surface area contributed by atoms with Crippen molar-refractivity contribution in [1.82, 2.24) is 10.3 Å². The van der Waals surface area contributed by atoms with Crippen molar-refractivity contribution in [2.45, 2.75) is 26.4 Å². The Hall–Kier alpha value is -1.65. The van der Waals surface area contributed by atoms with Crippen LogP contribution < -0.4 is 10.1 Å². The molecule has 2 N–H and O–H groups in total. The van der Waals surface area contributed by atoms with Crippen LogP contribution in [0, 0.1) is 6.92 Å². The first-order chi connectivity index (χ1) is 9.52. The number of nitrogens with zero attached hydrogens (tertiary/aromatic N) is 1.